The Labute approximate surface area is 248 Å². The Kier molecular flexibility index (Phi) is 10.7. The van der Waals surface area contributed by atoms with E-state index in [1.54, 1.807) is 0 Å². The lowest BCUT2D eigenvalue weighted by atomic mass is 9.91. The molecule has 1 aliphatic heterocycles. The topological polar surface area (TPSA) is 66.4 Å². The number of benzene rings is 4. The van der Waals surface area contributed by atoms with Gasteiger partial charge in [-0.1, -0.05) is 128 Å². The molecule has 1 saturated heterocycles. The van der Waals surface area contributed by atoms with Crippen LogP contribution >= 0.6 is 0 Å². The molecule has 0 aromatic heterocycles. The highest BCUT2D eigenvalue weighted by molar-refractivity contribution is 5.17. The molecule has 1 N–H and O–H groups in total. The fraction of sp³-hybridized carbons (Fsp3) is 0.278. The predicted molar refractivity (Wildman–Crippen MR) is 161 cm³/mol. The standard InChI is InChI=1S/C36H38O6/c1-2-36(37)35(41-26-31-21-13-6-14-22-31)34(40-25-30-19-11-5-12-20-30)33(39-24-29-17-9-4-10-18-29)32(42-36)27-38-23-28-15-7-3-8-16-28/h2-22,32-35,37H,1,23-27H2/t32-,33+,34+,35-,36+/m1/s1. The summed E-state index contributed by atoms with van der Waals surface area (Å²) in [6, 6.07) is 39.5. The highest BCUT2D eigenvalue weighted by Crippen LogP contribution is 2.36. The van der Waals surface area contributed by atoms with Crippen LogP contribution in [-0.4, -0.2) is 41.9 Å². The molecule has 0 saturated carbocycles. The molecule has 1 heterocycles. The average Bonchev–Trinajstić information content (AvgIpc) is 3.05. The van der Waals surface area contributed by atoms with Crippen molar-refractivity contribution >= 4 is 0 Å². The van der Waals surface area contributed by atoms with Gasteiger partial charge in [0.2, 0.25) is 5.79 Å². The van der Waals surface area contributed by atoms with E-state index in [0.717, 1.165) is 22.3 Å². The van der Waals surface area contributed by atoms with Crippen molar-refractivity contribution in [2.45, 2.75) is 56.6 Å². The molecule has 0 unspecified atom stereocenters. The molecule has 6 heteroatoms. The molecule has 42 heavy (non-hydrogen) atoms. The summed E-state index contributed by atoms with van der Waals surface area (Å²) in [5.74, 6) is -1.84. The number of aliphatic hydroxyl groups is 1. The van der Waals surface area contributed by atoms with Gasteiger partial charge in [-0.05, 0) is 28.3 Å². The Bertz CT molecular complexity index is 1330. The zero-order valence-electron chi connectivity index (χ0n) is 23.7. The van der Waals surface area contributed by atoms with Crippen LogP contribution in [0.15, 0.2) is 134 Å². The molecule has 0 aliphatic carbocycles. The second-order valence-electron chi connectivity index (χ2n) is 10.4. The Morgan fingerprint density at radius 2 is 1.00 bits per heavy atom. The zero-order chi connectivity index (χ0) is 29.0. The monoisotopic (exact) mass is 566 g/mol. The minimum Gasteiger partial charge on any atom is -0.374 e. The number of hydrogen-bond acceptors (Lipinski definition) is 6. The summed E-state index contributed by atoms with van der Waals surface area (Å²) in [7, 11) is 0. The van der Waals surface area contributed by atoms with Crippen LogP contribution in [0.1, 0.15) is 22.3 Å². The summed E-state index contributed by atoms with van der Waals surface area (Å²) in [4.78, 5) is 0. The van der Waals surface area contributed by atoms with E-state index in [1.807, 2.05) is 121 Å². The van der Waals surface area contributed by atoms with Crippen molar-refractivity contribution in [3.63, 3.8) is 0 Å². The Balaban J connectivity index is 1.42. The minimum atomic E-state index is -1.84. The van der Waals surface area contributed by atoms with Gasteiger partial charge in [-0.3, -0.25) is 0 Å². The van der Waals surface area contributed by atoms with E-state index in [1.165, 1.54) is 6.08 Å². The molecule has 5 atom stereocenters. The third-order valence-electron chi connectivity index (χ3n) is 7.27. The molecule has 0 amide bonds. The predicted octanol–water partition coefficient (Wildman–Crippen LogP) is 6.23. The van der Waals surface area contributed by atoms with E-state index in [4.69, 9.17) is 23.7 Å². The average molecular weight is 567 g/mol. The van der Waals surface area contributed by atoms with Crippen LogP contribution in [0.3, 0.4) is 0 Å². The van der Waals surface area contributed by atoms with Crippen molar-refractivity contribution in [3.8, 4) is 0 Å². The SMILES string of the molecule is C=C[C@]1(O)O[C@H](COCc2ccccc2)[C@H](OCc2ccccc2)[C@H](OCc2ccccc2)[C@H]1OCc1ccccc1. The highest BCUT2D eigenvalue weighted by Gasteiger charge is 2.55. The first-order chi connectivity index (χ1) is 20.6. The largest absolute Gasteiger partial charge is 0.374 e. The summed E-state index contributed by atoms with van der Waals surface area (Å²) in [6.45, 7) is 5.33. The third kappa shape index (κ3) is 8.01. The first kappa shape index (κ1) is 29.9. The van der Waals surface area contributed by atoms with Crippen LogP contribution in [0.5, 0.6) is 0 Å². The fourth-order valence-electron chi connectivity index (χ4n) is 5.05. The zero-order valence-corrected chi connectivity index (χ0v) is 23.7. The number of hydrogen-bond donors (Lipinski definition) is 1. The Morgan fingerprint density at radius 3 is 1.45 bits per heavy atom. The van der Waals surface area contributed by atoms with Crippen molar-refractivity contribution in [3.05, 3.63) is 156 Å². The van der Waals surface area contributed by atoms with Gasteiger partial charge in [-0.15, -0.1) is 0 Å². The lowest BCUT2D eigenvalue weighted by molar-refractivity contribution is -0.351. The van der Waals surface area contributed by atoms with Gasteiger partial charge in [-0.25, -0.2) is 0 Å². The molecule has 218 valence electrons. The van der Waals surface area contributed by atoms with Gasteiger partial charge in [-0.2, -0.15) is 0 Å². The van der Waals surface area contributed by atoms with Crippen LogP contribution < -0.4 is 0 Å². The lowest BCUT2D eigenvalue weighted by Gasteiger charge is -2.49. The summed E-state index contributed by atoms with van der Waals surface area (Å²) in [5, 5.41) is 11.8. The van der Waals surface area contributed by atoms with Gasteiger partial charge in [0.05, 0.1) is 33.0 Å². The summed E-state index contributed by atoms with van der Waals surface area (Å²) >= 11 is 0. The van der Waals surface area contributed by atoms with Gasteiger partial charge in [0.15, 0.2) is 0 Å². The van der Waals surface area contributed by atoms with Crippen LogP contribution in [0.4, 0.5) is 0 Å². The van der Waals surface area contributed by atoms with Gasteiger partial charge in [0, 0.05) is 0 Å². The van der Waals surface area contributed by atoms with E-state index in [2.05, 4.69) is 6.58 Å². The summed E-state index contributed by atoms with van der Waals surface area (Å²) in [6.07, 6.45) is -1.55. The molecule has 0 radical (unpaired) electrons. The molecule has 6 nitrogen and oxygen atoms in total. The van der Waals surface area contributed by atoms with Gasteiger partial charge < -0.3 is 28.8 Å². The molecule has 1 fully saturated rings. The fourth-order valence-corrected chi connectivity index (χ4v) is 5.05. The third-order valence-corrected chi connectivity index (χ3v) is 7.27. The van der Waals surface area contributed by atoms with Crippen molar-refractivity contribution in [1.29, 1.82) is 0 Å². The molecule has 0 spiro atoms. The summed E-state index contributed by atoms with van der Waals surface area (Å²) in [5.41, 5.74) is 4.00. The first-order valence-electron chi connectivity index (χ1n) is 14.3. The number of rotatable bonds is 14. The molecule has 1 aliphatic rings. The quantitative estimate of drug-likeness (QED) is 0.183. The lowest BCUT2D eigenvalue weighted by Crippen LogP contribution is -2.66. The van der Waals surface area contributed by atoms with Gasteiger partial charge in [0.25, 0.3) is 0 Å². The normalized spacial score (nSPS) is 23.8. The van der Waals surface area contributed by atoms with Gasteiger partial charge in [0.1, 0.15) is 24.4 Å². The van der Waals surface area contributed by atoms with Crippen molar-refractivity contribution in [2.24, 2.45) is 0 Å². The van der Waals surface area contributed by atoms with E-state index < -0.39 is 30.2 Å². The first-order valence-corrected chi connectivity index (χ1v) is 14.3. The second kappa shape index (κ2) is 15.0. The van der Waals surface area contributed by atoms with Crippen LogP contribution in [0, 0.1) is 0 Å². The maximum absolute atomic E-state index is 11.8. The molecule has 4 aromatic carbocycles. The Morgan fingerprint density at radius 1 is 0.595 bits per heavy atom. The van der Waals surface area contributed by atoms with Crippen molar-refractivity contribution in [1.82, 2.24) is 0 Å². The van der Waals surface area contributed by atoms with E-state index in [0.29, 0.717) is 19.8 Å². The highest BCUT2D eigenvalue weighted by atomic mass is 16.7. The molecule has 4 aromatic rings. The molecular weight excluding hydrogens is 528 g/mol. The second-order valence-corrected chi connectivity index (χ2v) is 10.4. The van der Waals surface area contributed by atoms with E-state index in [9.17, 15) is 5.11 Å². The smallest absolute Gasteiger partial charge is 0.215 e. The van der Waals surface area contributed by atoms with Gasteiger partial charge >= 0.3 is 0 Å². The van der Waals surface area contributed by atoms with Crippen LogP contribution in [0.25, 0.3) is 0 Å². The molecular formula is C36H38O6. The maximum Gasteiger partial charge on any atom is 0.215 e. The Hall–Kier alpha value is -3.62. The van der Waals surface area contributed by atoms with Crippen molar-refractivity contribution in [2.75, 3.05) is 6.61 Å². The maximum atomic E-state index is 11.8. The van der Waals surface area contributed by atoms with E-state index in [-0.39, 0.29) is 13.2 Å². The summed E-state index contributed by atoms with van der Waals surface area (Å²) < 4.78 is 31.9. The van der Waals surface area contributed by atoms with Crippen molar-refractivity contribution < 1.29 is 28.8 Å². The molecule has 5 rings (SSSR count). The molecule has 0 bridgehead atoms. The van der Waals surface area contributed by atoms with E-state index >= 15 is 0 Å². The van der Waals surface area contributed by atoms with Crippen LogP contribution in [0.2, 0.25) is 0 Å². The minimum absolute atomic E-state index is 0.168. The number of ether oxygens (including phenoxy) is 5. The van der Waals surface area contributed by atoms with Crippen LogP contribution in [-0.2, 0) is 50.1 Å².